The van der Waals surface area contributed by atoms with Crippen molar-refractivity contribution < 1.29 is 9.13 Å². The molecular formula is C22H13Cl3FNO. The van der Waals surface area contributed by atoms with Gasteiger partial charge in [-0.15, -0.1) is 0 Å². The van der Waals surface area contributed by atoms with Crippen molar-refractivity contribution in [2.24, 2.45) is 0 Å². The first-order chi connectivity index (χ1) is 13.5. The van der Waals surface area contributed by atoms with E-state index in [1.165, 1.54) is 6.07 Å². The molecular weight excluding hydrogens is 420 g/mol. The number of halogens is 4. The number of hydrogen-bond acceptors (Lipinski definition) is 2. The fourth-order valence-electron chi connectivity index (χ4n) is 2.57. The van der Waals surface area contributed by atoms with E-state index in [0.29, 0.717) is 43.1 Å². The minimum absolute atomic E-state index is 0.0404. The van der Waals surface area contributed by atoms with Crippen molar-refractivity contribution in [3.63, 3.8) is 0 Å². The Bertz CT molecular complexity index is 1090. The summed E-state index contributed by atoms with van der Waals surface area (Å²) in [6, 6.07) is 18.4. The smallest absolute Gasteiger partial charge is 0.129 e. The predicted octanol–water partition coefficient (Wildman–Crippen LogP) is 7.43. The number of hydrogen-bond donors (Lipinski definition) is 0. The zero-order valence-corrected chi connectivity index (χ0v) is 16.7. The number of benzene rings is 3. The molecule has 3 rings (SSSR count). The molecule has 2 nitrogen and oxygen atoms in total. The van der Waals surface area contributed by atoms with Crippen LogP contribution < -0.4 is 4.74 Å². The largest absolute Gasteiger partial charge is 0.488 e. The Morgan fingerprint density at radius 2 is 1.71 bits per heavy atom. The van der Waals surface area contributed by atoms with Crippen LogP contribution in [0.4, 0.5) is 4.39 Å². The highest BCUT2D eigenvalue weighted by atomic mass is 35.5. The third-order valence-electron chi connectivity index (χ3n) is 3.95. The lowest BCUT2D eigenvalue weighted by atomic mass is 10.0. The molecule has 28 heavy (non-hydrogen) atoms. The molecule has 0 N–H and O–H groups in total. The molecule has 0 atom stereocenters. The summed E-state index contributed by atoms with van der Waals surface area (Å²) in [6.45, 7) is 0.0404. The molecule has 3 aromatic carbocycles. The lowest BCUT2D eigenvalue weighted by molar-refractivity contribution is 0.299. The fourth-order valence-corrected chi connectivity index (χ4v) is 3.26. The number of nitrogens with zero attached hydrogens (tertiary/aromatic N) is 1. The van der Waals surface area contributed by atoms with Gasteiger partial charge in [-0.05, 0) is 42.5 Å². The summed E-state index contributed by atoms with van der Waals surface area (Å²) in [5.41, 5.74) is 1.85. The van der Waals surface area contributed by atoms with E-state index >= 15 is 0 Å². The molecule has 140 valence electrons. The summed E-state index contributed by atoms with van der Waals surface area (Å²) in [7, 11) is 0. The average molecular weight is 433 g/mol. The van der Waals surface area contributed by atoms with Gasteiger partial charge in [0.2, 0.25) is 0 Å². The van der Waals surface area contributed by atoms with Crippen LogP contribution in [0.1, 0.15) is 16.7 Å². The number of nitriles is 1. The second kappa shape index (κ2) is 9.12. The lowest BCUT2D eigenvalue weighted by Gasteiger charge is -2.11. The lowest BCUT2D eigenvalue weighted by Crippen LogP contribution is -1.99. The van der Waals surface area contributed by atoms with Crippen molar-refractivity contribution in [2.45, 2.75) is 6.61 Å². The number of allylic oxidation sites excluding steroid dienone is 1. The molecule has 0 spiro atoms. The first-order valence-electron chi connectivity index (χ1n) is 8.21. The summed E-state index contributed by atoms with van der Waals surface area (Å²) in [6.07, 6.45) is 1.62. The summed E-state index contributed by atoms with van der Waals surface area (Å²) >= 11 is 18.3. The zero-order valence-electron chi connectivity index (χ0n) is 14.4. The maximum Gasteiger partial charge on any atom is 0.129 e. The number of rotatable bonds is 5. The normalized spacial score (nSPS) is 11.2. The van der Waals surface area contributed by atoms with Crippen LogP contribution in [0.25, 0.3) is 11.6 Å². The molecule has 3 aromatic rings. The highest BCUT2D eigenvalue weighted by molar-refractivity contribution is 6.36. The Morgan fingerprint density at radius 1 is 1.00 bits per heavy atom. The maximum absolute atomic E-state index is 13.8. The third kappa shape index (κ3) is 4.85. The summed E-state index contributed by atoms with van der Waals surface area (Å²) in [5, 5.41) is 10.9. The van der Waals surface area contributed by atoms with Crippen LogP contribution in [0.15, 0.2) is 60.7 Å². The van der Waals surface area contributed by atoms with Crippen LogP contribution >= 0.6 is 34.8 Å². The van der Waals surface area contributed by atoms with Crippen LogP contribution in [0.2, 0.25) is 15.1 Å². The van der Waals surface area contributed by atoms with E-state index in [1.54, 1.807) is 60.7 Å². The van der Waals surface area contributed by atoms with Gasteiger partial charge in [-0.2, -0.15) is 5.26 Å². The quantitative estimate of drug-likeness (QED) is 0.310. The summed E-state index contributed by atoms with van der Waals surface area (Å²) < 4.78 is 19.6. The monoisotopic (exact) mass is 431 g/mol. The highest BCUT2D eigenvalue weighted by Gasteiger charge is 2.11. The van der Waals surface area contributed by atoms with Gasteiger partial charge in [0.15, 0.2) is 0 Å². The van der Waals surface area contributed by atoms with E-state index < -0.39 is 0 Å². The molecule has 0 aliphatic rings. The molecule has 0 aliphatic carbocycles. The molecule has 0 radical (unpaired) electrons. The van der Waals surface area contributed by atoms with Crippen molar-refractivity contribution in [3.05, 3.63) is 98.2 Å². The molecule has 6 heteroatoms. The highest BCUT2D eigenvalue weighted by Crippen LogP contribution is 2.32. The van der Waals surface area contributed by atoms with Crippen molar-refractivity contribution in [3.8, 4) is 11.8 Å². The van der Waals surface area contributed by atoms with Crippen LogP contribution in [0.3, 0.4) is 0 Å². The van der Waals surface area contributed by atoms with Gasteiger partial charge < -0.3 is 4.74 Å². The summed E-state index contributed by atoms with van der Waals surface area (Å²) in [4.78, 5) is 0. The van der Waals surface area contributed by atoms with Crippen LogP contribution in [-0.4, -0.2) is 0 Å². The SMILES string of the molecule is N#C/C(=C\c1cc(Cl)ccc1OCc1ccccc1F)c1ccc(Cl)cc1Cl. The Kier molecular flexibility index (Phi) is 6.59. The van der Waals surface area contributed by atoms with Crippen molar-refractivity contribution in [1.29, 1.82) is 5.26 Å². The number of ether oxygens (including phenoxy) is 1. The molecule has 0 unspecified atom stereocenters. The Labute approximate surface area is 177 Å². The Balaban J connectivity index is 1.96. The maximum atomic E-state index is 13.8. The predicted molar refractivity (Wildman–Crippen MR) is 112 cm³/mol. The standard InChI is InChI=1S/C22H13Cl3FNO/c23-17-6-8-22(28-13-14-3-1-2-4-21(14)26)15(10-17)9-16(12-27)19-7-5-18(24)11-20(19)25/h1-11H,13H2/b16-9+. The molecule has 0 heterocycles. The van der Waals surface area contributed by atoms with Gasteiger partial charge in [0.05, 0.1) is 16.7 Å². The first kappa shape index (κ1) is 20.2. The van der Waals surface area contributed by atoms with Crippen LogP contribution in [-0.2, 0) is 6.61 Å². The van der Waals surface area contributed by atoms with E-state index in [4.69, 9.17) is 39.5 Å². The van der Waals surface area contributed by atoms with Gasteiger partial charge in [0.25, 0.3) is 0 Å². The molecule has 0 saturated carbocycles. The van der Waals surface area contributed by atoms with Gasteiger partial charge in [0, 0.05) is 26.7 Å². The van der Waals surface area contributed by atoms with Gasteiger partial charge in [-0.3, -0.25) is 0 Å². The summed E-state index contributed by atoms with van der Waals surface area (Å²) in [5.74, 6) is 0.115. The minimum Gasteiger partial charge on any atom is -0.488 e. The van der Waals surface area contributed by atoms with Gasteiger partial charge in [-0.25, -0.2) is 4.39 Å². The second-order valence-electron chi connectivity index (χ2n) is 5.86. The fraction of sp³-hybridized carbons (Fsp3) is 0.0455. The van der Waals surface area contributed by atoms with E-state index in [0.717, 1.165) is 0 Å². The molecule has 0 bridgehead atoms. The Hall–Kier alpha value is -2.51. The molecule has 0 aliphatic heterocycles. The van der Waals surface area contributed by atoms with E-state index in [-0.39, 0.29) is 12.4 Å². The van der Waals surface area contributed by atoms with E-state index in [9.17, 15) is 9.65 Å². The molecule has 0 saturated heterocycles. The zero-order chi connectivity index (χ0) is 20.1. The molecule has 0 fully saturated rings. The minimum atomic E-state index is -0.348. The van der Waals surface area contributed by atoms with Crippen molar-refractivity contribution in [1.82, 2.24) is 0 Å². The van der Waals surface area contributed by atoms with Crippen molar-refractivity contribution >= 4 is 46.5 Å². The van der Waals surface area contributed by atoms with E-state index in [2.05, 4.69) is 6.07 Å². The third-order valence-corrected chi connectivity index (χ3v) is 4.74. The molecule has 0 aromatic heterocycles. The first-order valence-corrected chi connectivity index (χ1v) is 9.34. The van der Waals surface area contributed by atoms with Crippen LogP contribution in [0.5, 0.6) is 5.75 Å². The van der Waals surface area contributed by atoms with E-state index in [1.807, 2.05) is 0 Å². The van der Waals surface area contributed by atoms with Gasteiger partial charge in [0.1, 0.15) is 18.2 Å². The van der Waals surface area contributed by atoms with Gasteiger partial charge >= 0.3 is 0 Å². The van der Waals surface area contributed by atoms with Crippen LogP contribution in [0, 0.1) is 17.1 Å². The Morgan fingerprint density at radius 3 is 2.43 bits per heavy atom. The van der Waals surface area contributed by atoms with Crippen molar-refractivity contribution in [2.75, 3.05) is 0 Å². The van der Waals surface area contributed by atoms with Gasteiger partial charge in [-0.1, -0.05) is 59.1 Å². The topological polar surface area (TPSA) is 33.0 Å². The second-order valence-corrected chi connectivity index (χ2v) is 7.14. The average Bonchev–Trinajstić information content (AvgIpc) is 2.67. The molecule has 0 amide bonds.